The van der Waals surface area contributed by atoms with Gasteiger partial charge in [-0.25, -0.2) is 0 Å². The summed E-state index contributed by atoms with van der Waals surface area (Å²) in [5, 5.41) is 3.34. The number of hydrogen-bond donors (Lipinski definition) is 1. The van der Waals surface area contributed by atoms with Crippen LogP contribution in [0.3, 0.4) is 0 Å². The van der Waals surface area contributed by atoms with Crippen LogP contribution in [0.2, 0.25) is 0 Å². The lowest BCUT2D eigenvalue weighted by Crippen LogP contribution is -2.29. The predicted molar refractivity (Wildman–Crippen MR) is 75.9 cm³/mol. The molecule has 0 spiro atoms. The van der Waals surface area contributed by atoms with Gasteiger partial charge in [0, 0.05) is 37.6 Å². The van der Waals surface area contributed by atoms with Crippen molar-refractivity contribution in [3.8, 4) is 0 Å². The van der Waals surface area contributed by atoms with Gasteiger partial charge < -0.3 is 10.1 Å². The normalized spacial score (nSPS) is 12.6. The van der Waals surface area contributed by atoms with Gasteiger partial charge in [-0.2, -0.15) is 0 Å². The van der Waals surface area contributed by atoms with E-state index < -0.39 is 0 Å². The summed E-state index contributed by atoms with van der Waals surface area (Å²) in [6.45, 7) is 5.97. The van der Waals surface area contributed by atoms with Gasteiger partial charge in [0.25, 0.3) is 0 Å². The van der Waals surface area contributed by atoms with Crippen LogP contribution in [-0.2, 0) is 17.6 Å². The van der Waals surface area contributed by atoms with Gasteiger partial charge in [0.1, 0.15) is 0 Å². The first-order valence-electron chi connectivity index (χ1n) is 6.99. The first-order valence-corrected chi connectivity index (χ1v) is 6.99. The minimum Gasteiger partial charge on any atom is -0.381 e. The molecule has 18 heavy (non-hydrogen) atoms. The first-order chi connectivity index (χ1) is 8.80. The number of aryl methyl sites for hydroxylation is 1. The van der Waals surface area contributed by atoms with Crippen molar-refractivity contribution in [2.24, 2.45) is 0 Å². The second kappa shape index (κ2) is 9.06. The molecule has 0 bridgehead atoms. The molecule has 3 nitrogen and oxygen atoms in total. The van der Waals surface area contributed by atoms with Crippen LogP contribution in [0.15, 0.2) is 18.3 Å². The van der Waals surface area contributed by atoms with E-state index in [0.717, 1.165) is 44.6 Å². The molecule has 0 amide bonds. The quantitative estimate of drug-likeness (QED) is 0.684. The Morgan fingerprint density at radius 1 is 1.28 bits per heavy atom. The Bertz CT molecular complexity index is 311. The van der Waals surface area contributed by atoms with E-state index in [2.05, 4.69) is 36.3 Å². The van der Waals surface area contributed by atoms with Crippen molar-refractivity contribution in [3.05, 3.63) is 29.6 Å². The number of hydrogen-bond acceptors (Lipinski definition) is 3. The summed E-state index contributed by atoms with van der Waals surface area (Å²) in [7, 11) is 2.00. The molecule has 0 aliphatic carbocycles. The molecule has 1 unspecified atom stereocenters. The molecule has 0 aromatic carbocycles. The average Bonchev–Trinajstić information content (AvgIpc) is 2.43. The molecule has 1 rings (SSSR count). The molecule has 1 aromatic rings. The van der Waals surface area contributed by atoms with Crippen LogP contribution in [0.25, 0.3) is 0 Å². The predicted octanol–water partition coefficient (Wildman–Crippen LogP) is 2.59. The van der Waals surface area contributed by atoms with Crippen molar-refractivity contribution in [1.82, 2.24) is 10.3 Å². The average molecular weight is 250 g/mol. The van der Waals surface area contributed by atoms with Crippen LogP contribution in [0, 0.1) is 0 Å². The fraction of sp³-hybridized carbons (Fsp3) is 0.667. The lowest BCUT2D eigenvalue weighted by Gasteiger charge is -2.15. The van der Waals surface area contributed by atoms with Gasteiger partial charge in [0.15, 0.2) is 0 Å². The Kier molecular flexibility index (Phi) is 7.62. The highest BCUT2D eigenvalue weighted by Gasteiger charge is 2.08. The highest BCUT2D eigenvalue weighted by Crippen LogP contribution is 2.06. The zero-order chi connectivity index (χ0) is 13.2. The van der Waals surface area contributed by atoms with Gasteiger partial charge >= 0.3 is 0 Å². The van der Waals surface area contributed by atoms with Crippen molar-refractivity contribution in [2.45, 2.75) is 45.6 Å². The van der Waals surface area contributed by atoms with Crippen molar-refractivity contribution >= 4 is 0 Å². The Hall–Kier alpha value is -0.930. The van der Waals surface area contributed by atoms with E-state index in [0.29, 0.717) is 6.04 Å². The maximum atomic E-state index is 5.53. The molecule has 0 radical (unpaired) electrons. The van der Waals surface area contributed by atoms with Crippen LogP contribution in [0.4, 0.5) is 0 Å². The zero-order valence-corrected chi connectivity index (χ0v) is 11.9. The molecule has 0 aliphatic heterocycles. The standard InChI is InChI=1S/C15H26N2O/c1-4-9-18-10-8-14(16-3)11-15-7-6-13(5-2)12-17-15/h6-7,12,14,16H,4-5,8-11H2,1-3H3. The minimum absolute atomic E-state index is 0.446. The van der Waals surface area contributed by atoms with E-state index in [1.54, 1.807) is 0 Å². The fourth-order valence-electron chi connectivity index (χ4n) is 1.86. The molecule has 0 saturated carbocycles. The molecule has 3 heteroatoms. The van der Waals surface area contributed by atoms with Crippen LogP contribution in [0.1, 0.15) is 37.9 Å². The highest BCUT2D eigenvalue weighted by atomic mass is 16.5. The van der Waals surface area contributed by atoms with E-state index in [1.807, 2.05) is 13.2 Å². The van der Waals surface area contributed by atoms with E-state index in [1.165, 1.54) is 5.56 Å². The summed E-state index contributed by atoms with van der Waals surface area (Å²) in [5.74, 6) is 0. The van der Waals surface area contributed by atoms with E-state index in [9.17, 15) is 0 Å². The molecule has 1 heterocycles. The van der Waals surface area contributed by atoms with Gasteiger partial charge in [0.2, 0.25) is 0 Å². The van der Waals surface area contributed by atoms with Gasteiger partial charge in [-0.05, 0) is 37.9 Å². The Labute approximate surface area is 111 Å². The first kappa shape index (κ1) is 15.1. The Morgan fingerprint density at radius 2 is 2.11 bits per heavy atom. The summed E-state index contributed by atoms with van der Waals surface area (Å²) in [4.78, 5) is 4.50. The van der Waals surface area contributed by atoms with Crippen LogP contribution >= 0.6 is 0 Å². The van der Waals surface area contributed by atoms with Crippen molar-refractivity contribution in [2.75, 3.05) is 20.3 Å². The SMILES string of the molecule is CCCOCCC(Cc1ccc(CC)cn1)NC. The number of pyridine rings is 1. The summed E-state index contributed by atoms with van der Waals surface area (Å²) in [5.41, 5.74) is 2.45. The summed E-state index contributed by atoms with van der Waals surface area (Å²) >= 11 is 0. The molecule has 102 valence electrons. The topological polar surface area (TPSA) is 34.1 Å². The van der Waals surface area contributed by atoms with E-state index in [-0.39, 0.29) is 0 Å². The number of aromatic nitrogens is 1. The number of nitrogens with one attached hydrogen (secondary N) is 1. The largest absolute Gasteiger partial charge is 0.381 e. The Balaban J connectivity index is 2.36. The number of rotatable bonds is 9. The van der Waals surface area contributed by atoms with E-state index in [4.69, 9.17) is 4.74 Å². The van der Waals surface area contributed by atoms with Crippen LogP contribution in [-0.4, -0.2) is 31.3 Å². The van der Waals surface area contributed by atoms with Gasteiger partial charge in [0.05, 0.1) is 0 Å². The van der Waals surface area contributed by atoms with Crippen molar-refractivity contribution in [3.63, 3.8) is 0 Å². The summed E-state index contributed by atoms with van der Waals surface area (Å²) in [6.07, 6.45) is 6.12. The summed E-state index contributed by atoms with van der Waals surface area (Å²) < 4.78 is 5.53. The van der Waals surface area contributed by atoms with Gasteiger partial charge in [-0.15, -0.1) is 0 Å². The van der Waals surface area contributed by atoms with Gasteiger partial charge in [-0.3, -0.25) is 4.98 Å². The van der Waals surface area contributed by atoms with Crippen molar-refractivity contribution in [1.29, 1.82) is 0 Å². The second-order valence-electron chi connectivity index (χ2n) is 4.60. The monoisotopic (exact) mass is 250 g/mol. The third-order valence-corrected chi connectivity index (χ3v) is 3.12. The molecule has 0 saturated heterocycles. The molecule has 1 aromatic heterocycles. The van der Waals surface area contributed by atoms with Crippen LogP contribution in [0.5, 0.6) is 0 Å². The fourth-order valence-corrected chi connectivity index (χ4v) is 1.86. The third-order valence-electron chi connectivity index (χ3n) is 3.12. The maximum Gasteiger partial charge on any atom is 0.0480 e. The van der Waals surface area contributed by atoms with Crippen LogP contribution < -0.4 is 5.32 Å². The van der Waals surface area contributed by atoms with E-state index >= 15 is 0 Å². The van der Waals surface area contributed by atoms with Gasteiger partial charge in [-0.1, -0.05) is 19.9 Å². The number of likely N-dealkylation sites (N-methyl/N-ethyl adjacent to an activating group) is 1. The molecular formula is C15H26N2O. The molecule has 0 aliphatic rings. The zero-order valence-electron chi connectivity index (χ0n) is 11.9. The molecular weight excluding hydrogens is 224 g/mol. The lowest BCUT2D eigenvalue weighted by atomic mass is 10.1. The maximum absolute atomic E-state index is 5.53. The Morgan fingerprint density at radius 3 is 2.67 bits per heavy atom. The molecule has 1 N–H and O–H groups in total. The summed E-state index contributed by atoms with van der Waals surface area (Å²) in [6, 6.07) is 4.75. The smallest absolute Gasteiger partial charge is 0.0480 e. The lowest BCUT2D eigenvalue weighted by molar-refractivity contribution is 0.125. The van der Waals surface area contributed by atoms with Crippen molar-refractivity contribution < 1.29 is 4.74 Å². The highest BCUT2D eigenvalue weighted by molar-refractivity contribution is 5.14. The number of ether oxygens (including phenoxy) is 1. The third kappa shape index (κ3) is 5.61. The minimum atomic E-state index is 0.446. The molecule has 1 atom stereocenters. The second-order valence-corrected chi connectivity index (χ2v) is 4.60. The number of nitrogens with zero attached hydrogens (tertiary/aromatic N) is 1. The molecule has 0 fully saturated rings.